The van der Waals surface area contributed by atoms with E-state index in [0.29, 0.717) is 11.7 Å². The van der Waals surface area contributed by atoms with Crippen molar-refractivity contribution in [3.05, 3.63) is 98.9 Å². The van der Waals surface area contributed by atoms with Crippen molar-refractivity contribution in [3.8, 4) is 0 Å². The van der Waals surface area contributed by atoms with E-state index in [9.17, 15) is 9.18 Å². The van der Waals surface area contributed by atoms with Crippen molar-refractivity contribution in [2.75, 3.05) is 4.90 Å². The van der Waals surface area contributed by atoms with Crippen molar-refractivity contribution >= 4 is 39.4 Å². The predicted molar refractivity (Wildman–Crippen MR) is 126 cm³/mol. The number of benzene rings is 2. The first-order chi connectivity index (χ1) is 15.0. The van der Waals surface area contributed by atoms with E-state index in [2.05, 4.69) is 11.4 Å². The minimum atomic E-state index is -0.252. The van der Waals surface area contributed by atoms with Crippen LogP contribution in [0.2, 0.25) is 0 Å². The molecule has 0 aliphatic heterocycles. The summed E-state index contributed by atoms with van der Waals surface area (Å²) in [4.78, 5) is 19.8. The van der Waals surface area contributed by atoms with Gasteiger partial charge >= 0.3 is 0 Å². The number of nitrogens with one attached hydrogen (secondary N) is 1. The van der Waals surface area contributed by atoms with Gasteiger partial charge in [0.2, 0.25) is 5.91 Å². The Kier molecular flexibility index (Phi) is 6.56. The number of halogens is 1. The molecule has 1 atom stereocenters. The standard InChI is InChI=1S/C24H22FN3OS2/c1-16-5-3-6-21(13-16)28(17(2)29)24-27-20(15-31-24)14-26-23(22-7-4-12-30-22)18-8-10-19(25)11-9-18/h3-13,15,23,26H,14H2,1-2H3. The highest BCUT2D eigenvalue weighted by molar-refractivity contribution is 7.14. The molecule has 0 bridgehead atoms. The Morgan fingerprint density at radius 3 is 2.61 bits per heavy atom. The number of aryl methyl sites for hydroxylation is 1. The van der Waals surface area contributed by atoms with Crippen molar-refractivity contribution in [1.82, 2.24) is 10.3 Å². The van der Waals surface area contributed by atoms with Crippen LogP contribution >= 0.6 is 22.7 Å². The third-order valence-corrected chi connectivity index (χ3v) is 6.64. The second-order valence-electron chi connectivity index (χ2n) is 7.20. The molecule has 2 aromatic carbocycles. The van der Waals surface area contributed by atoms with Crippen LogP contribution in [0, 0.1) is 12.7 Å². The summed E-state index contributed by atoms with van der Waals surface area (Å²) in [5, 5.41) is 8.17. The summed E-state index contributed by atoms with van der Waals surface area (Å²) in [6.07, 6.45) is 0. The lowest BCUT2D eigenvalue weighted by Gasteiger charge is -2.19. The minimum absolute atomic E-state index is 0.0635. The van der Waals surface area contributed by atoms with Crippen molar-refractivity contribution in [2.24, 2.45) is 0 Å². The first kappa shape index (κ1) is 21.4. The fraction of sp³-hybridized carbons (Fsp3) is 0.167. The Labute approximate surface area is 189 Å². The van der Waals surface area contributed by atoms with Crippen LogP contribution in [0.1, 0.15) is 34.7 Å². The molecular formula is C24H22FN3OS2. The van der Waals surface area contributed by atoms with Gasteiger partial charge in [-0.1, -0.05) is 30.3 Å². The largest absolute Gasteiger partial charge is 0.300 e. The highest BCUT2D eigenvalue weighted by Gasteiger charge is 2.19. The normalized spacial score (nSPS) is 12.0. The van der Waals surface area contributed by atoms with Crippen LogP contribution in [0.4, 0.5) is 15.2 Å². The minimum Gasteiger partial charge on any atom is -0.300 e. The number of rotatable bonds is 7. The summed E-state index contributed by atoms with van der Waals surface area (Å²) in [5.74, 6) is -0.333. The Hall–Kier alpha value is -2.87. The highest BCUT2D eigenvalue weighted by Crippen LogP contribution is 2.30. The zero-order chi connectivity index (χ0) is 21.8. The van der Waals surface area contributed by atoms with Gasteiger partial charge in [0.15, 0.2) is 5.13 Å². The van der Waals surface area contributed by atoms with Gasteiger partial charge in [-0.3, -0.25) is 15.0 Å². The number of hydrogen-bond donors (Lipinski definition) is 1. The molecule has 0 aliphatic carbocycles. The number of amides is 1. The fourth-order valence-corrected chi connectivity index (χ4v) is 5.09. The van der Waals surface area contributed by atoms with E-state index >= 15 is 0 Å². The molecule has 1 amide bonds. The van der Waals surface area contributed by atoms with Crippen molar-refractivity contribution in [1.29, 1.82) is 0 Å². The van der Waals surface area contributed by atoms with E-state index in [1.807, 2.05) is 48.0 Å². The third-order valence-electron chi connectivity index (χ3n) is 4.82. The van der Waals surface area contributed by atoms with Crippen LogP contribution in [0.3, 0.4) is 0 Å². The monoisotopic (exact) mass is 451 g/mol. The van der Waals surface area contributed by atoms with Gasteiger partial charge in [-0.25, -0.2) is 9.37 Å². The molecule has 0 saturated carbocycles. The lowest BCUT2D eigenvalue weighted by Crippen LogP contribution is -2.23. The molecule has 1 unspecified atom stereocenters. The third kappa shape index (κ3) is 5.07. The number of nitrogens with zero attached hydrogens (tertiary/aromatic N) is 2. The maximum absolute atomic E-state index is 13.4. The summed E-state index contributed by atoms with van der Waals surface area (Å²) < 4.78 is 13.4. The molecule has 4 rings (SSSR count). The van der Waals surface area contributed by atoms with Gasteiger partial charge in [0.05, 0.1) is 17.4 Å². The SMILES string of the molecule is CC(=O)N(c1cccc(C)c1)c1nc(CNC(c2ccc(F)cc2)c2cccs2)cs1. The molecule has 0 radical (unpaired) electrons. The molecule has 158 valence electrons. The molecule has 4 nitrogen and oxygen atoms in total. The number of aromatic nitrogens is 1. The van der Waals surface area contributed by atoms with Crippen molar-refractivity contribution in [3.63, 3.8) is 0 Å². The molecule has 0 spiro atoms. The van der Waals surface area contributed by atoms with Crippen LogP contribution in [0.25, 0.3) is 0 Å². The molecule has 0 saturated heterocycles. The Bertz CT molecular complexity index is 1160. The summed E-state index contributed by atoms with van der Waals surface area (Å²) in [7, 11) is 0. The van der Waals surface area contributed by atoms with Gasteiger partial charge in [0.1, 0.15) is 5.82 Å². The Morgan fingerprint density at radius 2 is 1.94 bits per heavy atom. The second-order valence-corrected chi connectivity index (χ2v) is 9.01. The van der Waals surface area contributed by atoms with Gasteiger partial charge in [0, 0.05) is 23.7 Å². The molecule has 2 aromatic heterocycles. The number of carbonyl (C=O) groups excluding carboxylic acids is 1. The molecule has 0 fully saturated rings. The topological polar surface area (TPSA) is 45.2 Å². The highest BCUT2D eigenvalue weighted by atomic mass is 32.1. The van der Waals surface area contributed by atoms with E-state index in [1.165, 1.54) is 23.5 Å². The van der Waals surface area contributed by atoms with Crippen LogP contribution in [0.15, 0.2) is 71.4 Å². The lowest BCUT2D eigenvalue weighted by atomic mass is 10.1. The van der Waals surface area contributed by atoms with Crippen molar-refractivity contribution < 1.29 is 9.18 Å². The van der Waals surface area contributed by atoms with E-state index in [-0.39, 0.29) is 17.8 Å². The van der Waals surface area contributed by atoms with Gasteiger partial charge < -0.3 is 0 Å². The maximum atomic E-state index is 13.4. The summed E-state index contributed by atoms with van der Waals surface area (Å²) in [5.41, 5.74) is 3.73. The maximum Gasteiger partial charge on any atom is 0.230 e. The fourth-order valence-electron chi connectivity index (χ4n) is 3.37. The van der Waals surface area contributed by atoms with Gasteiger partial charge in [-0.2, -0.15) is 0 Å². The van der Waals surface area contributed by atoms with Gasteiger partial charge in [-0.15, -0.1) is 22.7 Å². The molecule has 31 heavy (non-hydrogen) atoms. The average Bonchev–Trinajstić information content (AvgIpc) is 3.42. The first-order valence-corrected chi connectivity index (χ1v) is 11.6. The Morgan fingerprint density at radius 1 is 1.13 bits per heavy atom. The van der Waals surface area contributed by atoms with Crippen LogP contribution in [-0.2, 0) is 11.3 Å². The number of carbonyl (C=O) groups is 1. The predicted octanol–water partition coefficient (Wildman–Crippen LogP) is 6.22. The average molecular weight is 452 g/mol. The van der Waals surface area contributed by atoms with Crippen molar-refractivity contribution in [2.45, 2.75) is 26.4 Å². The van der Waals surface area contributed by atoms with Crippen LogP contribution in [0.5, 0.6) is 0 Å². The summed E-state index contributed by atoms with van der Waals surface area (Å²) >= 11 is 3.09. The molecule has 7 heteroatoms. The summed E-state index contributed by atoms with van der Waals surface area (Å²) in [6, 6.07) is 18.4. The van der Waals surface area contributed by atoms with Gasteiger partial charge in [-0.05, 0) is 53.8 Å². The smallest absolute Gasteiger partial charge is 0.230 e. The zero-order valence-electron chi connectivity index (χ0n) is 17.2. The number of thiazole rings is 1. The lowest BCUT2D eigenvalue weighted by molar-refractivity contribution is -0.115. The summed E-state index contributed by atoms with van der Waals surface area (Å²) in [6.45, 7) is 4.07. The van der Waals surface area contributed by atoms with Crippen LogP contribution < -0.4 is 10.2 Å². The second kappa shape index (κ2) is 9.51. The molecule has 0 aliphatic rings. The quantitative estimate of drug-likeness (QED) is 0.363. The molecular weight excluding hydrogens is 429 g/mol. The molecule has 1 N–H and O–H groups in total. The van der Waals surface area contributed by atoms with Crippen LogP contribution in [-0.4, -0.2) is 10.9 Å². The first-order valence-electron chi connectivity index (χ1n) is 9.85. The molecule has 2 heterocycles. The Balaban J connectivity index is 1.54. The van der Waals surface area contributed by atoms with E-state index < -0.39 is 0 Å². The van der Waals surface area contributed by atoms with Gasteiger partial charge in [0.25, 0.3) is 0 Å². The zero-order valence-corrected chi connectivity index (χ0v) is 18.8. The van der Waals surface area contributed by atoms with E-state index in [4.69, 9.17) is 4.98 Å². The van der Waals surface area contributed by atoms with E-state index in [0.717, 1.165) is 27.4 Å². The molecule has 4 aromatic rings. The number of hydrogen-bond acceptors (Lipinski definition) is 5. The van der Waals surface area contributed by atoms with E-state index in [1.54, 1.807) is 35.3 Å². The number of thiophene rings is 1. The number of anilines is 2.